The summed E-state index contributed by atoms with van der Waals surface area (Å²) in [5.41, 5.74) is 5.39. The summed E-state index contributed by atoms with van der Waals surface area (Å²) in [6, 6.07) is 2.86. The largest absolute Gasteiger partial charge is 0.384 e. The van der Waals surface area contributed by atoms with Crippen molar-refractivity contribution in [1.29, 1.82) is 0 Å². The van der Waals surface area contributed by atoms with Crippen LogP contribution in [0.2, 0.25) is 0 Å². The maximum atomic E-state index is 11.8. The second-order valence-corrected chi connectivity index (χ2v) is 6.05. The summed E-state index contributed by atoms with van der Waals surface area (Å²) in [7, 11) is -3.53. The van der Waals surface area contributed by atoms with E-state index in [9.17, 15) is 8.42 Å². The van der Waals surface area contributed by atoms with Crippen LogP contribution in [0.3, 0.4) is 0 Å². The predicted molar refractivity (Wildman–Crippen MR) is 69.5 cm³/mol. The number of ether oxygens (including phenoxy) is 1. The molecule has 0 saturated heterocycles. The van der Waals surface area contributed by atoms with Crippen molar-refractivity contribution in [3.8, 4) is 0 Å². The standard InChI is InChI=1S/C11H19N3O3S/c1-9(2)8-17-6-5-14-18(15,16)10-3-4-11(12)13-7-10/h3-4,7,9,14H,5-6,8H2,1-2H3,(H2,12,13). The molecule has 3 N–H and O–H groups in total. The molecule has 7 heteroatoms. The van der Waals surface area contributed by atoms with Crippen LogP contribution in [-0.4, -0.2) is 33.2 Å². The van der Waals surface area contributed by atoms with Crippen molar-refractivity contribution in [2.75, 3.05) is 25.5 Å². The number of nitrogens with zero attached hydrogens (tertiary/aromatic N) is 1. The van der Waals surface area contributed by atoms with Crippen LogP contribution in [0.5, 0.6) is 0 Å². The van der Waals surface area contributed by atoms with E-state index in [1.54, 1.807) is 0 Å². The minimum atomic E-state index is -3.53. The smallest absolute Gasteiger partial charge is 0.242 e. The molecule has 6 nitrogen and oxygen atoms in total. The Balaban J connectivity index is 2.43. The Labute approximate surface area is 108 Å². The van der Waals surface area contributed by atoms with Gasteiger partial charge in [-0.05, 0) is 18.1 Å². The van der Waals surface area contributed by atoms with Gasteiger partial charge >= 0.3 is 0 Å². The van der Waals surface area contributed by atoms with Crippen LogP contribution in [0.1, 0.15) is 13.8 Å². The molecule has 0 unspecified atom stereocenters. The SMILES string of the molecule is CC(C)COCCNS(=O)(=O)c1ccc(N)nc1. The molecule has 0 spiro atoms. The molecule has 0 aliphatic heterocycles. The topological polar surface area (TPSA) is 94.3 Å². The molecule has 18 heavy (non-hydrogen) atoms. The lowest BCUT2D eigenvalue weighted by Crippen LogP contribution is -2.28. The Kier molecular flexibility index (Phi) is 5.52. The highest BCUT2D eigenvalue weighted by Gasteiger charge is 2.13. The maximum absolute atomic E-state index is 11.8. The summed E-state index contributed by atoms with van der Waals surface area (Å²) in [5.74, 6) is 0.720. The fourth-order valence-corrected chi connectivity index (χ4v) is 2.16. The van der Waals surface area contributed by atoms with E-state index in [0.717, 1.165) is 0 Å². The highest BCUT2D eigenvalue weighted by molar-refractivity contribution is 7.89. The molecule has 0 bridgehead atoms. The van der Waals surface area contributed by atoms with Gasteiger partial charge in [-0.15, -0.1) is 0 Å². The summed E-state index contributed by atoms with van der Waals surface area (Å²) in [6.45, 7) is 5.26. The fourth-order valence-electron chi connectivity index (χ4n) is 1.20. The number of nitrogens with two attached hydrogens (primary N) is 1. The molecule has 102 valence electrons. The Morgan fingerprint density at radius 2 is 2.17 bits per heavy atom. The second-order valence-electron chi connectivity index (χ2n) is 4.29. The third-order valence-electron chi connectivity index (χ3n) is 2.06. The van der Waals surface area contributed by atoms with Crippen LogP contribution in [0.15, 0.2) is 23.2 Å². The Morgan fingerprint density at radius 3 is 2.72 bits per heavy atom. The lowest BCUT2D eigenvalue weighted by Gasteiger charge is -2.08. The minimum absolute atomic E-state index is 0.0977. The van der Waals surface area contributed by atoms with Crippen molar-refractivity contribution in [2.24, 2.45) is 5.92 Å². The van der Waals surface area contributed by atoms with Crippen molar-refractivity contribution in [3.63, 3.8) is 0 Å². The molecular formula is C11H19N3O3S. The van der Waals surface area contributed by atoms with E-state index in [4.69, 9.17) is 10.5 Å². The number of aromatic nitrogens is 1. The third kappa shape index (κ3) is 4.99. The van der Waals surface area contributed by atoms with Gasteiger partial charge in [0.1, 0.15) is 10.7 Å². The van der Waals surface area contributed by atoms with Gasteiger partial charge < -0.3 is 10.5 Å². The number of nitrogen functional groups attached to an aromatic ring is 1. The van der Waals surface area contributed by atoms with E-state index in [1.807, 2.05) is 13.8 Å². The number of anilines is 1. The number of hydrogen-bond acceptors (Lipinski definition) is 5. The highest BCUT2D eigenvalue weighted by atomic mass is 32.2. The Bertz CT molecular complexity index is 457. The van der Waals surface area contributed by atoms with E-state index in [-0.39, 0.29) is 17.3 Å². The van der Waals surface area contributed by atoms with E-state index in [1.165, 1.54) is 18.3 Å². The molecule has 1 aromatic rings. The summed E-state index contributed by atoms with van der Waals surface area (Å²) in [5, 5.41) is 0. The zero-order valence-corrected chi connectivity index (χ0v) is 11.4. The van der Waals surface area contributed by atoms with E-state index < -0.39 is 10.0 Å². The fraction of sp³-hybridized carbons (Fsp3) is 0.545. The van der Waals surface area contributed by atoms with Gasteiger partial charge in [-0.2, -0.15) is 0 Å². The first-order valence-corrected chi connectivity index (χ1v) is 7.19. The van der Waals surface area contributed by atoms with Crippen molar-refractivity contribution in [2.45, 2.75) is 18.7 Å². The van der Waals surface area contributed by atoms with E-state index in [2.05, 4.69) is 9.71 Å². The molecule has 0 saturated carbocycles. The second kappa shape index (κ2) is 6.67. The zero-order chi connectivity index (χ0) is 13.6. The van der Waals surface area contributed by atoms with E-state index in [0.29, 0.717) is 19.1 Å². The van der Waals surface area contributed by atoms with Gasteiger partial charge in [-0.3, -0.25) is 0 Å². The van der Waals surface area contributed by atoms with Crippen molar-refractivity contribution in [1.82, 2.24) is 9.71 Å². The number of sulfonamides is 1. The molecular weight excluding hydrogens is 254 g/mol. The van der Waals surface area contributed by atoms with Gasteiger partial charge in [-0.25, -0.2) is 18.1 Å². The predicted octanol–water partition coefficient (Wildman–Crippen LogP) is 0.615. The average Bonchev–Trinajstić information content (AvgIpc) is 2.28. The molecule has 0 aliphatic rings. The van der Waals surface area contributed by atoms with Crippen LogP contribution in [0.4, 0.5) is 5.82 Å². The number of hydrogen-bond donors (Lipinski definition) is 2. The van der Waals surface area contributed by atoms with Crippen LogP contribution < -0.4 is 10.5 Å². The minimum Gasteiger partial charge on any atom is -0.384 e. The zero-order valence-electron chi connectivity index (χ0n) is 10.6. The van der Waals surface area contributed by atoms with Gasteiger partial charge in [0.15, 0.2) is 0 Å². The molecule has 0 amide bonds. The number of pyridine rings is 1. The van der Waals surface area contributed by atoms with Crippen LogP contribution in [0.25, 0.3) is 0 Å². The third-order valence-corrected chi connectivity index (χ3v) is 3.51. The first kappa shape index (κ1) is 14.9. The average molecular weight is 273 g/mol. The quantitative estimate of drug-likeness (QED) is 0.710. The molecule has 0 atom stereocenters. The summed E-state index contributed by atoms with van der Waals surface area (Å²) in [6.07, 6.45) is 1.23. The molecule has 0 fully saturated rings. The molecule has 0 aliphatic carbocycles. The summed E-state index contributed by atoms with van der Waals surface area (Å²) < 4.78 is 31.3. The van der Waals surface area contributed by atoms with Gasteiger partial charge in [0.05, 0.1) is 6.61 Å². The van der Waals surface area contributed by atoms with Crippen molar-refractivity contribution >= 4 is 15.8 Å². The van der Waals surface area contributed by atoms with Gasteiger partial charge in [0.25, 0.3) is 0 Å². The molecule has 0 aromatic carbocycles. The van der Waals surface area contributed by atoms with Gasteiger partial charge in [0, 0.05) is 19.3 Å². The highest BCUT2D eigenvalue weighted by Crippen LogP contribution is 2.07. The monoisotopic (exact) mass is 273 g/mol. The lowest BCUT2D eigenvalue weighted by molar-refractivity contribution is 0.114. The van der Waals surface area contributed by atoms with Crippen LogP contribution in [-0.2, 0) is 14.8 Å². The Morgan fingerprint density at radius 1 is 1.44 bits per heavy atom. The van der Waals surface area contributed by atoms with E-state index >= 15 is 0 Å². The normalized spacial score (nSPS) is 11.9. The summed E-state index contributed by atoms with van der Waals surface area (Å²) in [4.78, 5) is 3.84. The van der Waals surface area contributed by atoms with Crippen molar-refractivity contribution in [3.05, 3.63) is 18.3 Å². The van der Waals surface area contributed by atoms with Crippen LogP contribution >= 0.6 is 0 Å². The number of nitrogens with one attached hydrogen (secondary N) is 1. The van der Waals surface area contributed by atoms with Gasteiger partial charge in [-0.1, -0.05) is 13.8 Å². The van der Waals surface area contributed by atoms with Gasteiger partial charge in [0.2, 0.25) is 10.0 Å². The Hall–Kier alpha value is -1.18. The molecule has 1 rings (SSSR count). The lowest BCUT2D eigenvalue weighted by atomic mass is 10.2. The molecule has 1 aromatic heterocycles. The van der Waals surface area contributed by atoms with Crippen LogP contribution in [0, 0.1) is 5.92 Å². The first-order valence-electron chi connectivity index (χ1n) is 5.71. The molecule has 0 radical (unpaired) electrons. The summed E-state index contributed by atoms with van der Waals surface area (Å²) >= 11 is 0. The maximum Gasteiger partial charge on any atom is 0.242 e. The first-order chi connectivity index (χ1) is 8.42. The van der Waals surface area contributed by atoms with Crippen molar-refractivity contribution < 1.29 is 13.2 Å². The number of rotatable bonds is 7. The molecule has 1 heterocycles.